The molecule has 0 aromatic carbocycles. The Balaban J connectivity index is 2.60. The molecule has 2 atom stereocenters. The molecule has 1 aliphatic rings. The molecule has 0 spiro atoms. The molecule has 0 aromatic rings. The molecule has 0 bridgehead atoms. The normalized spacial score (nSPS) is 30.6. The molecule has 2 unspecified atom stereocenters. The van der Waals surface area contributed by atoms with Crippen LogP contribution in [0.4, 0.5) is 0 Å². The van der Waals surface area contributed by atoms with E-state index >= 15 is 0 Å². The summed E-state index contributed by atoms with van der Waals surface area (Å²) in [5, 5.41) is 0. The molecule has 0 N–H and O–H groups in total. The first kappa shape index (κ1) is 10.8. The molecule has 13 heavy (non-hydrogen) atoms. The lowest BCUT2D eigenvalue weighted by atomic mass is 9.67. The second-order valence-electron chi connectivity index (χ2n) is 5.60. The molecule has 1 rings (SSSR count). The maximum atomic E-state index is 4.18. The van der Waals surface area contributed by atoms with Crippen LogP contribution in [0.2, 0.25) is 0 Å². The van der Waals surface area contributed by atoms with Gasteiger partial charge in [-0.15, -0.1) is 0 Å². The van der Waals surface area contributed by atoms with E-state index < -0.39 is 0 Å². The summed E-state index contributed by atoms with van der Waals surface area (Å²) in [6.07, 6.45) is 5.28. The zero-order valence-corrected chi connectivity index (χ0v) is 9.69. The van der Waals surface area contributed by atoms with Crippen LogP contribution >= 0.6 is 0 Å². The third kappa shape index (κ3) is 2.59. The summed E-state index contributed by atoms with van der Waals surface area (Å²) in [5.41, 5.74) is 2.00. The molecule has 0 aromatic heterocycles. The van der Waals surface area contributed by atoms with Gasteiger partial charge in [0.2, 0.25) is 0 Å². The molecule has 0 amide bonds. The highest BCUT2D eigenvalue weighted by Crippen LogP contribution is 2.42. The first-order valence-electron chi connectivity index (χ1n) is 5.62. The molecule has 0 nitrogen and oxygen atoms in total. The van der Waals surface area contributed by atoms with E-state index in [4.69, 9.17) is 0 Å². The van der Waals surface area contributed by atoms with Crippen molar-refractivity contribution in [1.82, 2.24) is 0 Å². The monoisotopic (exact) mass is 180 g/mol. The first-order valence-corrected chi connectivity index (χ1v) is 5.62. The van der Waals surface area contributed by atoms with Crippen molar-refractivity contribution in [1.29, 1.82) is 0 Å². The number of rotatable bonds is 1. The Hall–Kier alpha value is -0.260. The molecule has 76 valence electrons. The van der Waals surface area contributed by atoms with Crippen LogP contribution < -0.4 is 0 Å². The predicted molar refractivity (Wildman–Crippen MR) is 59.7 cm³/mol. The third-order valence-corrected chi connectivity index (χ3v) is 3.68. The van der Waals surface area contributed by atoms with E-state index in [1.54, 1.807) is 0 Å². The van der Waals surface area contributed by atoms with Crippen LogP contribution in [-0.4, -0.2) is 0 Å². The standard InChI is InChI=1S/C13H24/c1-6-11-9-12(13(3,4)5)8-7-10(11)2/h11-12H,2,6-9H2,1,3-5H3. The zero-order valence-electron chi connectivity index (χ0n) is 9.69. The van der Waals surface area contributed by atoms with E-state index in [2.05, 4.69) is 34.3 Å². The molecule has 0 heterocycles. The van der Waals surface area contributed by atoms with Crippen LogP contribution in [-0.2, 0) is 0 Å². The van der Waals surface area contributed by atoms with Crippen LogP contribution in [0, 0.1) is 17.3 Å². The maximum Gasteiger partial charge on any atom is -0.0206 e. The van der Waals surface area contributed by atoms with Crippen LogP contribution in [0.25, 0.3) is 0 Å². The average molecular weight is 180 g/mol. The average Bonchev–Trinajstić information content (AvgIpc) is 2.03. The molecule has 0 radical (unpaired) electrons. The van der Waals surface area contributed by atoms with Crippen LogP contribution in [0.3, 0.4) is 0 Å². The predicted octanol–water partition coefficient (Wildman–Crippen LogP) is 4.42. The Labute approximate surface area is 83.4 Å². The van der Waals surface area contributed by atoms with Crippen molar-refractivity contribution in [2.24, 2.45) is 17.3 Å². The largest absolute Gasteiger partial charge is 0.0996 e. The van der Waals surface area contributed by atoms with Gasteiger partial charge in [-0.2, -0.15) is 0 Å². The van der Waals surface area contributed by atoms with E-state index in [0.29, 0.717) is 5.41 Å². The number of hydrogen-bond acceptors (Lipinski definition) is 0. The summed E-state index contributed by atoms with van der Waals surface area (Å²) in [5.74, 6) is 1.71. The Morgan fingerprint density at radius 3 is 2.46 bits per heavy atom. The van der Waals surface area contributed by atoms with Crippen molar-refractivity contribution in [3.05, 3.63) is 12.2 Å². The second kappa shape index (κ2) is 3.86. The van der Waals surface area contributed by atoms with Crippen molar-refractivity contribution in [3.63, 3.8) is 0 Å². The number of hydrogen-bond donors (Lipinski definition) is 0. The Morgan fingerprint density at radius 2 is 2.00 bits per heavy atom. The van der Waals surface area contributed by atoms with Crippen molar-refractivity contribution >= 4 is 0 Å². The fourth-order valence-corrected chi connectivity index (χ4v) is 2.43. The summed E-state index contributed by atoms with van der Waals surface area (Å²) < 4.78 is 0. The summed E-state index contributed by atoms with van der Waals surface area (Å²) in [6, 6.07) is 0. The molecule has 1 saturated carbocycles. The Kier molecular flexibility index (Phi) is 3.21. The first-order chi connectivity index (χ1) is 5.95. The van der Waals surface area contributed by atoms with Gasteiger partial charge in [-0.3, -0.25) is 0 Å². The molecular formula is C13H24. The topological polar surface area (TPSA) is 0 Å². The second-order valence-corrected chi connectivity index (χ2v) is 5.60. The summed E-state index contributed by atoms with van der Waals surface area (Å²) in [7, 11) is 0. The van der Waals surface area contributed by atoms with Gasteiger partial charge >= 0.3 is 0 Å². The smallest absolute Gasteiger partial charge is 0.0206 e. The van der Waals surface area contributed by atoms with Gasteiger partial charge in [0.05, 0.1) is 0 Å². The Morgan fingerprint density at radius 1 is 1.38 bits per heavy atom. The van der Waals surface area contributed by atoms with Crippen molar-refractivity contribution in [2.45, 2.75) is 53.4 Å². The highest BCUT2D eigenvalue weighted by Gasteiger charge is 2.31. The SMILES string of the molecule is C=C1CCC(C(C)(C)C)CC1CC. The summed E-state index contributed by atoms with van der Waals surface area (Å²) >= 11 is 0. The van der Waals surface area contributed by atoms with Gasteiger partial charge in [0.1, 0.15) is 0 Å². The highest BCUT2D eigenvalue weighted by molar-refractivity contribution is 5.05. The number of allylic oxidation sites excluding steroid dienone is 1. The quantitative estimate of drug-likeness (QED) is 0.524. The third-order valence-electron chi connectivity index (χ3n) is 3.68. The van der Waals surface area contributed by atoms with E-state index in [0.717, 1.165) is 11.8 Å². The Bertz CT molecular complexity index is 183. The molecule has 1 fully saturated rings. The van der Waals surface area contributed by atoms with Gasteiger partial charge in [-0.05, 0) is 42.9 Å². The van der Waals surface area contributed by atoms with Crippen molar-refractivity contribution in [3.8, 4) is 0 Å². The fourth-order valence-electron chi connectivity index (χ4n) is 2.43. The van der Waals surface area contributed by atoms with E-state index in [9.17, 15) is 0 Å². The van der Waals surface area contributed by atoms with Gasteiger partial charge in [-0.1, -0.05) is 39.8 Å². The van der Waals surface area contributed by atoms with Crippen LogP contribution in [0.1, 0.15) is 53.4 Å². The minimum atomic E-state index is 0.494. The van der Waals surface area contributed by atoms with Gasteiger partial charge in [0.15, 0.2) is 0 Å². The van der Waals surface area contributed by atoms with Gasteiger partial charge < -0.3 is 0 Å². The molecule has 1 aliphatic carbocycles. The summed E-state index contributed by atoms with van der Waals surface area (Å²) in [4.78, 5) is 0. The highest BCUT2D eigenvalue weighted by atomic mass is 14.4. The van der Waals surface area contributed by atoms with E-state index in [1.165, 1.54) is 31.3 Å². The zero-order chi connectivity index (χ0) is 10.1. The maximum absolute atomic E-state index is 4.18. The molecular weight excluding hydrogens is 156 g/mol. The van der Waals surface area contributed by atoms with E-state index in [-0.39, 0.29) is 0 Å². The summed E-state index contributed by atoms with van der Waals surface area (Å²) in [6.45, 7) is 13.6. The van der Waals surface area contributed by atoms with Crippen LogP contribution in [0.15, 0.2) is 12.2 Å². The lowest BCUT2D eigenvalue weighted by Crippen LogP contribution is -2.27. The van der Waals surface area contributed by atoms with Crippen molar-refractivity contribution in [2.75, 3.05) is 0 Å². The molecule has 0 aliphatic heterocycles. The minimum absolute atomic E-state index is 0.494. The lowest BCUT2D eigenvalue weighted by Gasteiger charge is -2.38. The van der Waals surface area contributed by atoms with Gasteiger partial charge in [0.25, 0.3) is 0 Å². The van der Waals surface area contributed by atoms with Gasteiger partial charge in [-0.25, -0.2) is 0 Å². The van der Waals surface area contributed by atoms with Crippen molar-refractivity contribution < 1.29 is 0 Å². The van der Waals surface area contributed by atoms with Gasteiger partial charge in [0, 0.05) is 0 Å². The van der Waals surface area contributed by atoms with E-state index in [1.807, 2.05) is 0 Å². The minimum Gasteiger partial charge on any atom is -0.0996 e. The fraction of sp³-hybridized carbons (Fsp3) is 0.846. The lowest BCUT2D eigenvalue weighted by molar-refractivity contribution is 0.168. The molecule has 0 saturated heterocycles. The molecule has 0 heteroatoms. The van der Waals surface area contributed by atoms with Crippen LogP contribution in [0.5, 0.6) is 0 Å².